The van der Waals surface area contributed by atoms with Gasteiger partial charge in [0.05, 0.1) is 33.8 Å². The van der Waals surface area contributed by atoms with E-state index in [0.717, 1.165) is 50.6 Å². The number of imide groups is 1. The van der Waals surface area contributed by atoms with E-state index in [0.29, 0.717) is 62.8 Å². The summed E-state index contributed by atoms with van der Waals surface area (Å²) in [5.41, 5.74) is 6.60. The predicted molar refractivity (Wildman–Crippen MR) is 277 cm³/mol. The monoisotopic (exact) mass is 1070 g/mol. The minimum absolute atomic E-state index is 0.0208. The number of aliphatic hydroxyl groups excluding tert-OH is 1. The van der Waals surface area contributed by atoms with E-state index in [1.165, 1.54) is 22.9 Å². The Hall–Kier alpha value is -5.72. The third-order valence-corrected chi connectivity index (χ3v) is 17.5. The molecule has 1 aromatic heterocycles. The normalized spacial score (nSPS) is 23.8. The molecule has 4 amide bonds. The number of carbonyl (C=O) groups excluding carboxylic acids is 4. The molecule has 5 aliphatic rings. The van der Waals surface area contributed by atoms with E-state index in [1.807, 2.05) is 42.2 Å². The zero-order valence-corrected chi connectivity index (χ0v) is 43.6. The summed E-state index contributed by atoms with van der Waals surface area (Å²) in [6.45, 7) is 5.44. The number of nitrogens with one attached hydrogen (secondary N) is 2. The molecule has 4 fully saturated rings. The van der Waals surface area contributed by atoms with Crippen molar-refractivity contribution >= 4 is 57.7 Å². The number of aryl methyl sites for hydroxylation is 1. The molecule has 1 aliphatic carbocycles. The number of hydrogen-bond acceptors (Lipinski definition) is 10. The SMILES string of the molecule is C[C@H]1c2c(cc(Cl)c(Cl)c2-c2c(C(N)=O)ccc(OCCO)c2F)O[C@]1(CNC1CCC(C(=O)N2CCC(CN3CCC(c4c(F)cc5c(C6CCC(=O)NC6=O)nn(C)c5c4F)CC3)CC2)CC1)c1ccccc1. The first kappa shape index (κ1) is 52.7. The Kier molecular flexibility index (Phi) is 15.3. The Morgan fingerprint density at radius 2 is 1.64 bits per heavy atom. The van der Waals surface area contributed by atoms with E-state index >= 15 is 13.2 Å². The largest absolute Gasteiger partial charge is 0.488 e. The molecule has 75 heavy (non-hydrogen) atoms. The Morgan fingerprint density at radius 1 is 0.920 bits per heavy atom. The lowest BCUT2D eigenvalue weighted by Gasteiger charge is -2.40. The number of carbonyl (C=O) groups is 4. The summed E-state index contributed by atoms with van der Waals surface area (Å²) in [6, 6.07) is 15.4. The fourth-order valence-corrected chi connectivity index (χ4v) is 13.1. The second-order valence-electron chi connectivity index (χ2n) is 21.0. The van der Waals surface area contributed by atoms with Crippen molar-refractivity contribution < 1.29 is 46.9 Å². The first-order chi connectivity index (χ1) is 36.1. The van der Waals surface area contributed by atoms with E-state index in [2.05, 4.69) is 20.6 Å². The number of benzene rings is 4. The molecule has 0 spiro atoms. The molecule has 5 aromatic rings. The number of aliphatic hydroxyl groups is 1. The van der Waals surface area contributed by atoms with E-state index in [-0.39, 0.29) is 110 Å². The number of piperidine rings is 3. The smallest absolute Gasteiger partial charge is 0.249 e. The van der Waals surface area contributed by atoms with Gasteiger partial charge in [0.15, 0.2) is 23.0 Å². The van der Waals surface area contributed by atoms with Gasteiger partial charge >= 0.3 is 0 Å². The van der Waals surface area contributed by atoms with Crippen LogP contribution in [0.4, 0.5) is 13.2 Å². The van der Waals surface area contributed by atoms with Crippen molar-refractivity contribution in [2.24, 2.45) is 24.6 Å². The standard InChI is InChI=1S/C56H62Cl2F3N7O7/c1-30-44-42(27-39(57)48(58)47(44)46-36(53(62)71)12-14-41(49(46)60)74-25-24-69)75-56(30,34-6-4-3-5-7-34)29-63-35-10-8-33(9-11-35)55(73)68-22-16-31(17-23-68)28-67-20-18-32(19-21-67)45-40(59)26-38-51(65-66(2)52(38)50(45)61)37-13-15-43(70)64-54(37)72/h3-7,12,14,26-27,30-33,35,37,63,69H,8-11,13,15-25,28-29H2,1-2H3,(H2,62,71)(H,64,70,72)/t30-,33?,35?,37?,56-/m0/s1. The molecule has 3 atom stereocenters. The number of halogens is 5. The van der Waals surface area contributed by atoms with Crippen molar-refractivity contribution in [1.82, 2.24) is 30.2 Å². The first-order valence-electron chi connectivity index (χ1n) is 26.1. The molecule has 1 saturated carbocycles. The number of aromatic nitrogens is 2. The summed E-state index contributed by atoms with van der Waals surface area (Å²) in [7, 11) is 1.59. The van der Waals surface area contributed by atoms with Crippen molar-refractivity contribution in [1.29, 1.82) is 0 Å². The highest BCUT2D eigenvalue weighted by atomic mass is 35.5. The number of primary amides is 1. The van der Waals surface area contributed by atoms with Crippen LogP contribution in [0, 0.1) is 29.3 Å². The summed E-state index contributed by atoms with van der Waals surface area (Å²) >= 11 is 13.7. The van der Waals surface area contributed by atoms with Gasteiger partial charge in [0.25, 0.3) is 0 Å². The van der Waals surface area contributed by atoms with Crippen LogP contribution in [-0.4, -0.2) is 107 Å². The number of fused-ring (bicyclic) bond motifs is 2. The molecule has 4 aromatic carbocycles. The average molecular weight is 1070 g/mol. The van der Waals surface area contributed by atoms with Gasteiger partial charge in [-0.1, -0.05) is 60.5 Å². The number of amides is 4. The molecular formula is C56H62Cl2F3N7O7. The van der Waals surface area contributed by atoms with Crippen molar-refractivity contribution in [2.75, 3.05) is 52.5 Å². The highest BCUT2D eigenvalue weighted by Crippen LogP contribution is 2.57. The number of nitrogens with zero attached hydrogens (tertiary/aromatic N) is 4. The van der Waals surface area contributed by atoms with Gasteiger partial charge in [-0.15, -0.1) is 0 Å². The third-order valence-electron chi connectivity index (χ3n) is 16.7. The number of nitrogens with two attached hydrogens (primary N) is 1. The molecule has 14 nitrogen and oxygen atoms in total. The van der Waals surface area contributed by atoms with Crippen molar-refractivity contribution in [3.8, 4) is 22.6 Å². The quantitative estimate of drug-likeness (QED) is 0.0787. The van der Waals surface area contributed by atoms with E-state index < -0.39 is 46.7 Å². The molecule has 10 rings (SSSR count). The number of rotatable bonds is 14. The highest BCUT2D eigenvalue weighted by Gasteiger charge is 2.50. The van der Waals surface area contributed by atoms with Crippen LogP contribution in [0.25, 0.3) is 22.0 Å². The van der Waals surface area contributed by atoms with Crippen LogP contribution in [-0.2, 0) is 27.0 Å². The maximum absolute atomic E-state index is 16.6. The van der Waals surface area contributed by atoms with Crippen LogP contribution in [0.15, 0.2) is 54.6 Å². The molecule has 398 valence electrons. The minimum atomic E-state index is -1.02. The van der Waals surface area contributed by atoms with Gasteiger partial charge in [-0.3, -0.25) is 29.2 Å². The molecule has 0 radical (unpaired) electrons. The molecule has 19 heteroatoms. The highest BCUT2D eigenvalue weighted by molar-refractivity contribution is 6.44. The second kappa shape index (κ2) is 21.7. The molecule has 5 heterocycles. The van der Waals surface area contributed by atoms with E-state index in [9.17, 15) is 24.3 Å². The molecular weight excluding hydrogens is 1010 g/mol. The van der Waals surface area contributed by atoms with Crippen LogP contribution in [0.1, 0.15) is 122 Å². The first-order valence-corrected chi connectivity index (χ1v) is 26.9. The molecule has 5 N–H and O–H groups in total. The van der Waals surface area contributed by atoms with E-state index in [4.69, 9.17) is 38.4 Å². The number of hydrogen-bond donors (Lipinski definition) is 4. The van der Waals surface area contributed by atoms with Crippen LogP contribution in [0.2, 0.25) is 10.0 Å². The number of likely N-dealkylation sites (tertiary alicyclic amines) is 2. The van der Waals surface area contributed by atoms with Gasteiger partial charge in [0.2, 0.25) is 23.6 Å². The Bertz CT molecular complexity index is 3030. The lowest BCUT2D eigenvalue weighted by atomic mass is 9.77. The summed E-state index contributed by atoms with van der Waals surface area (Å²) in [5.74, 6) is -4.73. The van der Waals surface area contributed by atoms with Gasteiger partial charge in [0, 0.05) is 91.2 Å². The predicted octanol–water partition coefficient (Wildman–Crippen LogP) is 8.61. The fraction of sp³-hybridized carbons (Fsp3) is 0.482. The maximum Gasteiger partial charge on any atom is 0.249 e. The zero-order chi connectivity index (χ0) is 52.9. The van der Waals surface area contributed by atoms with Crippen LogP contribution in [0.3, 0.4) is 0 Å². The summed E-state index contributed by atoms with van der Waals surface area (Å²) in [5, 5.41) is 20.3. The van der Waals surface area contributed by atoms with Gasteiger partial charge in [-0.2, -0.15) is 5.10 Å². The van der Waals surface area contributed by atoms with Gasteiger partial charge in [-0.05, 0) is 106 Å². The van der Waals surface area contributed by atoms with Gasteiger partial charge < -0.3 is 35.4 Å². The molecule has 1 unspecified atom stereocenters. The topological polar surface area (TPSA) is 181 Å². The van der Waals surface area contributed by atoms with Crippen LogP contribution >= 0.6 is 23.2 Å². The number of ether oxygens (including phenoxy) is 2. The van der Waals surface area contributed by atoms with Crippen molar-refractivity contribution in [3.05, 3.63) is 110 Å². The third kappa shape index (κ3) is 9.99. The van der Waals surface area contributed by atoms with Crippen molar-refractivity contribution in [2.45, 2.75) is 101 Å². The van der Waals surface area contributed by atoms with Gasteiger partial charge in [-0.25, -0.2) is 13.2 Å². The Labute approximate surface area is 443 Å². The van der Waals surface area contributed by atoms with E-state index in [1.54, 1.807) is 13.1 Å². The molecule has 0 bridgehead atoms. The summed E-state index contributed by atoms with van der Waals surface area (Å²) in [4.78, 5) is 55.6. The lowest BCUT2D eigenvalue weighted by Crippen LogP contribution is -2.49. The summed E-state index contributed by atoms with van der Waals surface area (Å²) < 4.78 is 62.5. The molecule has 4 aliphatic heterocycles. The van der Waals surface area contributed by atoms with Crippen LogP contribution < -0.4 is 25.8 Å². The summed E-state index contributed by atoms with van der Waals surface area (Å²) in [6.07, 6.45) is 6.36. The Morgan fingerprint density at radius 3 is 2.32 bits per heavy atom. The Balaban J connectivity index is 0.739. The van der Waals surface area contributed by atoms with Crippen LogP contribution in [0.5, 0.6) is 11.5 Å². The minimum Gasteiger partial charge on any atom is -0.488 e. The van der Waals surface area contributed by atoms with Gasteiger partial charge in [0.1, 0.15) is 23.7 Å². The maximum atomic E-state index is 16.6. The lowest BCUT2D eigenvalue weighted by molar-refractivity contribution is -0.138. The fourth-order valence-electron chi connectivity index (χ4n) is 12.7. The average Bonchev–Trinajstić information content (AvgIpc) is 3.88. The zero-order valence-electron chi connectivity index (χ0n) is 42.0. The second-order valence-corrected chi connectivity index (χ2v) is 21.8. The molecule has 3 saturated heterocycles. The van der Waals surface area contributed by atoms with Crippen molar-refractivity contribution in [3.63, 3.8) is 0 Å².